The highest BCUT2D eigenvalue weighted by molar-refractivity contribution is 5.41. The molecule has 0 saturated carbocycles. The zero-order valence-corrected chi connectivity index (χ0v) is 13.3. The van der Waals surface area contributed by atoms with E-state index in [1.807, 2.05) is 12.1 Å². The summed E-state index contributed by atoms with van der Waals surface area (Å²) in [5.41, 5.74) is 0.906. The van der Waals surface area contributed by atoms with Crippen molar-refractivity contribution in [2.24, 2.45) is 0 Å². The molecule has 0 amide bonds. The molecule has 0 radical (unpaired) electrons. The summed E-state index contributed by atoms with van der Waals surface area (Å²) in [4.78, 5) is 2.40. The molecule has 0 spiro atoms. The van der Waals surface area contributed by atoms with E-state index in [9.17, 15) is 0 Å². The van der Waals surface area contributed by atoms with Gasteiger partial charge < -0.3 is 9.47 Å². The van der Waals surface area contributed by atoms with Gasteiger partial charge in [0.05, 0.1) is 13.2 Å². The van der Waals surface area contributed by atoms with E-state index in [2.05, 4.69) is 37.8 Å². The van der Waals surface area contributed by atoms with Gasteiger partial charge >= 0.3 is 0 Å². The van der Waals surface area contributed by atoms with Crippen molar-refractivity contribution >= 4 is 0 Å². The molecular weight excluding hydrogens is 264 g/mol. The maximum Gasteiger partial charge on any atom is 0.128 e. The topological polar surface area (TPSA) is 45.5 Å². The van der Waals surface area contributed by atoms with Gasteiger partial charge in [-0.25, -0.2) is 0 Å². The number of ether oxygens (including phenoxy) is 2. The normalized spacial score (nSPS) is 18.8. The summed E-state index contributed by atoms with van der Waals surface area (Å²) in [6.45, 7) is 8.07. The van der Waals surface area contributed by atoms with Gasteiger partial charge in [0.25, 0.3) is 0 Å². The van der Waals surface area contributed by atoms with Crippen molar-refractivity contribution < 1.29 is 9.47 Å². The summed E-state index contributed by atoms with van der Waals surface area (Å²) >= 11 is 0. The predicted octanol–water partition coefficient (Wildman–Crippen LogP) is 3.36. The van der Waals surface area contributed by atoms with Gasteiger partial charge in [0.2, 0.25) is 0 Å². The second kappa shape index (κ2) is 6.36. The third-order valence-electron chi connectivity index (χ3n) is 3.92. The molecule has 4 heteroatoms. The number of nitrogens with zero attached hydrogens (tertiary/aromatic N) is 2. The number of benzene rings is 1. The quantitative estimate of drug-likeness (QED) is 0.852. The monoisotopic (exact) mass is 288 g/mol. The van der Waals surface area contributed by atoms with Crippen LogP contribution in [0.15, 0.2) is 18.2 Å². The number of methoxy groups -OCH3 is 1. The molecule has 0 aromatic heterocycles. The largest absolute Gasteiger partial charge is 0.497 e. The second-order valence-corrected chi connectivity index (χ2v) is 6.29. The highest BCUT2D eigenvalue weighted by Crippen LogP contribution is 2.33. The van der Waals surface area contributed by atoms with E-state index in [1.165, 1.54) is 5.56 Å². The average molecular weight is 288 g/mol. The first-order valence-corrected chi connectivity index (χ1v) is 7.42. The summed E-state index contributed by atoms with van der Waals surface area (Å²) in [7, 11) is 1.67. The van der Waals surface area contributed by atoms with Gasteiger partial charge in [0.1, 0.15) is 17.1 Å². The molecule has 0 fully saturated rings. The molecular formula is C17H24N2O2. The Labute approximate surface area is 127 Å². The molecule has 21 heavy (non-hydrogen) atoms. The SMILES string of the molecule is COc1ccc2c(c1)OC(C)(C)CN(C(C)CCC#N)C2. The Balaban J connectivity index is 2.26. The molecule has 1 atom stereocenters. The van der Waals surface area contributed by atoms with Gasteiger partial charge in [-0.05, 0) is 33.3 Å². The van der Waals surface area contributed by atoms with Crippen LogP contribution in [0.3, 0.4) is 0 Å². The minimum Gasteiger partial charge on any atom is -0.497 e. The lowest BCUT2D eigenvalue weighted by atomic mass is 10.1. The van der Waals surface area contributed by atoms with Crippen LogP contribution < -0.4 is 9.47 Å². The van der Waals surface area contributed by atoms with Gasteiger partial charge in [0.15, 0.2) is 0 Å². The zero-order chi connectivity index (χ0) is 15.5. The standard InChI is InChI=1S/C17H24N2O2/c1-13(6-5-9-18)19-11-14-7-8-15(20-4)10-16(14)21-17(2,3)12-19/h7-8,10,13H,5-6,11-12H2,1-4H3. The molecule has 4 nitrogen and oxygen atoms in total. The zero-order valence-electron chi connectivity index (χ0n) is 13.3. The number of nitriles is 1. The molecule has 0 aliphatic carbocycles. The Morgan fingerprint density at radius 2 is 2.24 bits per heavy atom. The maximum absolute atomic E-state index is 8.78. The summed E-state index contributed by atoms with van der Waals surface area (Å²) in [6, 6.07) is 8.59. The van der Waals surface area contributed by atoms with Crippen LogP contribution in [-0.2, 0) is 6.54 Å². The lowest BCUT2D eigenvalue weighted by Crippen LogP contribution is -2.44. The van der Waals surface area contributed by atoms with E-state index < -0.39 is 0 Å². The predicted molar refractivity (Wildman–Crippen MR) is 82.4 cm³/mol. The van der Waals surface area contributed by atoms with Crippen molar-refractivity contribution in [1.82, 2.24) is 4.90 Å². The first-order chi connectivity index (χ1) is 9.95. The first-order valence-electron chi connectivity index (χ1n) is 7.42. The molecule has 1 aliphatic heterocycles. The van der Waals surface area contributed by atoms with Crippen LogP contribution in [-0.4, -0.2) is 30.2 Å². The van der Waals surface area contributed by atoms with Crippen molar-refractivity contribution in [2.75, 3.05) is 13.7 Å². The minimum atomic E-state index is -0.265. The number of hydrogen-bond acceptors (Lipinski definition) is 4. The van der Waals surface area contributed by atoms with E-state index in [-0.39, 0.29) is 5.60 Å². The molecule has 0 N–H and O–H groups in total. The third-order valence-corrected chi connectivity index (χ3v) is 3.92. The van der Waals surface area contributed by atoms with Crippen LogP contribution in [0.4, 0.5) is 0 Å². The molecule has 1 aromatic carbocycles. The van der Waals surface area contributed by atoms with Crippen molar-refractivity contribution in [3.05, 3.63) is 23.8 Å². The Kier molecular flexibility index (Phi) is 4.74. The Morgan fingerprint density at radius 3 is 2.90 bits per heavy atom. The van der Waals surface area contributed by atoms with Crippen LogP contribution in [0.5, 0.6) is 11.5 Å². The Hall–Kier alpha value is -1.73. The molecule has 1 aromatic rings. The van der Waals surface area contributed by atoms with E-state index in [0.717, 1.165) is 31.0 Å². The smallest absolute Gasteiger partial charge is 0.128 e. The molecule has 0 bridgehead atoms. The van der Waals surface area contributed by atoms with Crippen molar-refractivity contribution in [2.45, 2.75) is 51.8 Å². The summed E-state index contributed by atoms with van der Waals surface area (Å²) in [5, 5.41) is 8.78. The fraction of sp³-hybridized carbons (Fsp3) is 0.588. The van der Waals surface area contributed by atoms with Gasteiger partial charge in [-0.15, -0.1) is 0 Å². The molecule has 2 rings (SSSR count). The van der Waals surface area contributed by atoms with E-state index in [0.29, 0.717) is 12.5 Å². The third kappa shape index (κ3) is 3.89. The second-order valence-electron chi connectivity index (χ2n) is 6.29. The van der Waals surface area contributed by atoms with Crippen molar-refractivity contribution in [3.8, 4) is 17.6 Å². The lowest BCUT2D eigenvalue weighted by molar-refractivity contribution is 0.0541. The van der Waals surface area contributed by atoms with Gasteiger partial charge in [-0.3, -0.25) is 4.90 Å². The minimum absolute atomic E-state index is 0.265. The summed E-state index contributed by atoms with van der Waals surface area (Å²) < 4.78 is 11.5. The number of rotatable bonds is 4. The molecule has 1 unspecified atom stereocenters. The summed E-state index contributed by atoms with van der Waals surface area (Å²) in [5.74, 6) is 1.71. The Bertz CT molecular complexity index is 534. The molecule has 1 heterocycles. The Morgan fingerprint density at radius 1 is 1.48 bits per heavy atom. The van der Waals surface area contributed by atoms with Gasteiger partial charge in [-0.1, -0.05) is 6.07 Å². The van der Waals surface area contributed by atoms with E-state index in [4.69, 9.17) is 14.7 Å². The fourth-order valence-corrected chi connectivity index (χ4v) is 2.75. The lowest BCUT2D eigenvalue weighted by Gasteiger charge is -2.33. The van der Waals surface area contributed by atoms with Crippen molar-refractivity contribution in [1.29, 1.82) is 5.26 Å². The average Bonchev–Trinajstić information content (AvgIpc) is 2.58. The molecule has 0 saturated heterocycles. The van der Waals surface area contributed by atoms with Gasteiger partial charge in [-0.2, -0.15) is 5.26 Å². The van der Waals surface area contributed by atoms with Gasteiger partial charge in [0, 0.05) is 37.2 Å². The van der Waals surface area contributed by atoms with Crippen molar-refractivity contribution in [3.63, 3.8) is 0 Å². The van der Waals surface area contributed by atoms with E-state index >= 15 is 0 Å². The molecule has 114 valence electrons. The molecule has 1 aliphatic rings. The van der Waals surface area contributed by atoms with Crippen LogP contribution >= 0.6 is 0 Å². The highest BCUT2D eigenvalue weighted by Gasteiger charge is 2.31. The van der Waals surface area contributed by atoms with Crippen LogP contribution in [0.25, 0.3) is 0 Å². The van der Waals surface area contributed by atoms with Crippen LogP contribution in [0, 0.1) is 11.3 Å². The highest BCUT2D eigenvalue weighted by atomic mass is 16.5. The number of fused-ring (bicyclic) bond motifs is 1. The fourth-order valence-electron chi connectivity index (χ4n) is 2.75. The maximum atomic E-state index is 8.78. The van der Waals surface area contributed by atoms with Crippen LogP contribution in [0.2, 0.25) is 0 Å². The summed E-state index contributed by atoms with van der Waals surface area (Å²) in [6.07, 6.45) is 1.48. The number of hydrogen-bond donors (Lipinski definition) is 0. The van der Waals surface area contributed by atoms with Crippen LogP contribution in [0.1, 0.15) is 39.2 Å². The van der Waals surface area contributed by atoms with E-state index in [1.54, 1.807) is 7.11 Å². The first kappa shape index (κ1) is 15.7.